The lowest BCUT2D eigenvalue weighted by molar-refractivity contribution is -0.0981. The summed E-state index contributed by atoms with van der Waals surface area (Å²) in [7, 11) is 1.40. The third-order valence-electron chi connectivity index (χ3n) is 4.78. The summed E-state index contributed by atoms with van der Waals surface area (Å²) in [6, 6.07) is 10.6. The molecule has 0 saturated heterocycles. The Morgan fingerprint density at radius 1 is 1.06 bits per heavy atom. The van der Waals surface area contributed by atoms with E-state index in [4.69, 9.17) is 14.6 Å². The van der Waals surface area contributed by atoms with E-state index in [2.05, 4.69) is 31.2 Å². The molecule has 0 aliphatic heterocycles. The van der Waals surface area contributed by atoms with E-state index < -0.39 is 37.7 Å². The first kappa shape index (κ1) is 26.6. The minimum Gasteiger partial charge on any atom is -0.493 e. The lowest BCUT2D eigenvalue weighted by Crippen LogP contribution is -2.48. The van der Waals surface area contributed by atoms with Crippen molar-refractivity contribution in [3.8, 4) is 11.5 Å². The number of nitrogens with one attached hydrogen (secondary N) is 1. The van der Waals surface area contributed by atoms with E-state index in [-0.39, 0.29) is 17.0 Å². The van der Waals surface area contributed by atoms with Crippen LogP contribution in [0.25, 0.3) is 10.9 Å². The molecule has 0 saturated carbocycles. The molecule has 1 heterocycles. The predicted molar refractivity (Wildman–Crippen MR) is 123 cm³/mol. The van der Waals surface area contributed by atoms with E-state index in [1.807, 2.05) is 24.3 Å². The van der Waals surface area contributed by atoms with Crippen LogP contribution in [0.2, 0.25) is 0 Å². The number of nitrogens with zero attached hydrogens (tertiary/aromatic N) is 2. The molecule has 3 aromatic rings. The normalized spacial score (nSPS) is 14.6. The molecule has 3 rings (SSSR count). The van der Waals surface area contributed by atoms with Crippen LogP contribution in [-0.2, 0) is 0 Å². The molecule has 0 spiro atoms. The second kappa shape index (κ2) is 12.0. The molecule has 0 radical (unpaired) electrons. The second-order valence-electron chi connectivity index (χ2n) is 6.87. The summed E-state index contributed by atoms with van der Waals surface area (Å²) in [6.07, 6.45) is -5.89. The number of methoxy groups -OCH3 is 1. The molecule has 7 N–H and O–H groups in total. The number of aliphatic hydroxyl groups excluding tert-OH is 4. The van der Waals surface area contributed by atoms with Gasteiger partial charge in [0, 0.05) is 15.9 Å². The molecule has 33 heavy (non-hydrogen) atoms. The SMILES string of the molecule is COc1cc2c(Nc3ccccc3Br)ncnc2cc1O[C@H](CO)[C@H](O)[C@@H](O)[C@H](F)CO.O. The van der Waals surface area contributed by atoms with Crippen LogP contribution in [0.1, 0.15) is 0 Å². The van der Waals surface area contributed by atoms with Crippen LogP contribution in [0.4, 0.5) is 15.9 Å². The number of hydrogen-bond donors (Lipinski definition) is 5. The highest BCUT2D eigenvalue weighted by molar-refractivity contribution is 9.10. The molecule has 180 valence electrons. The van der Waals surface area contributed by atoms with Gasteiger partial charge in [0.05, 0.1) is 31.5 Å². The van der Waals surface area contributed by atoms with Crippen molar-refractivity contribution < 1.29 is 39.8 Å². The Labute approximate surface area is 197 Å². The van der Waals surface area contributed by atoms with Crippen LogP contribution in [-0.4, -0.2) is 80.7 Å². The fraction of sp³-hybridized carbons (Fsp3) is 0.333. The molecule has 0 bridgehead atoms. The van der Waals surface area contributed by atoms with Gasteiger partial charge in [0.25, 0.3) is 0 Å². The average Bonchev–Trinajstić information content (AvgIpc) is 2.82. The summed E-state index contributed by atoms with van der Waals surface area (Å²) in [5.41, 5.74) is 1.25. The van der Waals surface area contributed by atoms with Crippen LogP contribution >= 0.6 is 15.9 Å². The van der Waals surface area contributed by atoms with Gasteiger partial charge in [-0.1, -0.05) is 12.1 Å². The van der Waals surface area contributed by atoms with Gasteiger partial charge in [0.1, 0.15) is 24.4 Å². The molecule has 12 heteroatoms. The summed E-state index contributed by atoms with van der Waals surface area (Å²) < 4.78 is 25.4. The van der Waals surface area contributed by atoms with Crippen LogP contribution < -0.4 is 14.8 Å². The number of fused-ring (bicyclic) bond motifs is 1. The van der Waals surface area contributed by atoms with Gasteiger partial charge in [0.15, 0.2) is 23.8 Å². The Hall–Kier alpha value is -2.61. The van der Waals surface area contributed by atoms with Crippen LogP contribution in [0, 0.1) is 0 Å². The minimum atomic E-state index is -2.10. The lowest BCUT2D eigenvalue weighted by atomic mass is 10.0. The molecular formula is C21H25BrFN3O7. The summed E-state index contributed by atoms with van der Waals surface area (Å²) in [6.45, 7) is -1.71. The van der Waals surface area contributed by atoms with Gasteiger partial charge >= 0.3 is 0 Å². The number of halogens is 2. The van der Waals surface area contributed by atoms with Crippen molar-refractivity contribution in [2.75, 3.05) is 25.6 Å². The maximum atomic E-state index is 13.6. The van der Waals surface area contributed by atoms with E-state index in [9.17, 15) is 19.7 Å². The van der Waals surface area contributed by atoms with Crippen molar-refractivity contribution in [2.45, 2.75) is 24.5 Å². The zero-order chi connectivity index (χ0) is 23.3. The third kappa shape index (κ3) is 6.05. The number of rotatable bonds is 10. The van der Waals surface area contributed by atoms with E-state index in [0.717, 1.165) is 10.2 Å². The quantitative estimate of drug-likeness (QED) is 0.258. The van der Waals surface area contributed by atoms with Gasteiger partial charge < -0.3 is 40.7 Å². The first-order chi connectivity index (χ1) is 15.4. The van der Waals surface area contributed by atoms with Crippen LogP contribution in [0.3, 0.4) is 0 Å². The number of aromatic nitrogens is 2. The molecule has 0 aliphatic rings. The van der Waals surface area contributed by atoms with Crippen molar-refractivity contribution in [1.82, 2.24) is 9.97 Å². The van der Waals surface area contributed by atoms with Gasteiger partial charge in [0.2, 0.25) is 0 Å². The van der Waals surface area contributed by atoms with E-state index in [1.165, 1.54) is 19.5 Å². The Balaban J connectivity index is 0.00000385. The van der Waals surface area contributed by atoms with Crippen molar-refractivity contribution in [1.29, 1.82) is 0 Å². The van der Waals surface area contributed by atoms with Gasteiger partial charge in [-0.25, -0.2) is 14.4 Å². The zero-order valence-corrected chi connectivity index (χ0v) is 19.1. The maximum Gasteiger partial charge on any atom is 0.164 e. The Bertz CT molecular complexity index is 1060. The first-order valence-electron chi connectivity index (χ1n) is 9.62. The van der Waals surface area contributed by atoms with Crippen molar-refractivity contribution >= 4 is 38.3 Å². The van der Waals surface area contributed by atoms with Crippen molar-refractivity contribution in [3.63, 3.8) is 0 Å². The third-order valence-corrected chi connectivity index (χ3v) is 5.47. The highest BCUT2D eigenvalue weighted by Gasteiger charge is 2.34. The molecule has 0 unspecified atom stereocenters. The van der Waals surface area contributed by atoms with E-state index in [0.29, 0.717) is 16.7 Å². The van der Waals surface area contributed by atoms with E-state index >= 15 is 0 Å². The summed E-state index contributed by atoms with van der Waals surface area (Å²) in [4.78, 5) is 8.52. The fourth-order valence-corrected chi connectivity index (χ4v) is 3.41. The molecule has 2 aromatic carbocycles. The highest BCUT2D eigenvalue weighted by Crippen LogP contribution is 2.36. The van der Waals surface area contributed by atoms with E-state index in [1.54, 1.807) is 6.07 Å². The molecule has 0 fully saturated rings. The molecular weight excluding hydrogens is 505 g/mol. The monoisotopic (exact) mass is 529 g/mol. The maximum absolute atomic E-state index is 13.6. The molecule has 4 atom stereocenters. The topological polar surface area (TPSA) is 169 Å². The molecule has 0 aliphatic carbocycles. The summed E-state index contributed by atoms with van der Waals surface area (Å²) >= 11 is 3.47. The van der Waals surface area contributed by atoms with Crippen molar-refractivity contribution in [2.24, 2.45) is 0 Å². The lowest BCUT2D eigenvalue weighted by Gasteiger charge is -2.28. The van der Waals surface area contributed by atoms with Gasteiger partial charge in [-0.05, 0) is 34.1 Å². The number of alkyl halides is 1. The van der Waals surface area contributed by atoms with Crippen LogP contribution in [0.5, 0.6) is 11.5 Å². The smallest absolute Gasteiger partial charge is 0.164 e. The fourth-order valence-electron chi connectivity index (χ4n) is 3.03. The highest BCUT2D eigenvalue weighted by atomic mass is 79.9. The van der Waals surface area contributed by atoms with Crippen LogP contribution in [0.15, 0.2) is 47.2 Å². The largest absolute Gasteiger partial charge is 0.493 e. The number of benzene rings is 2. The van der Waals surface area contributed by atoms with Gasteiger partial charge in [-0.3, -0.25) is 0 Å². The second-order valence-corrected chi connectivity index (χ2v) is 7.72. The Morgan fingerprint density at radius 2 is 1.79 bits per heavy atom. The predicted octanol–water partition coefficient (Wildman–Crippen LogP) is 1.11. The number of para-hydroxylation sites is 1. The molecule has 0 amide bonds. The number of aliphatic hydroxyl groups is 4. The van der Waals surface area contributed by atoms with Gasteiger partial charge in [-0.15, -0.1) is 0 Å². The zero-order valence-electron chi connectivity index (χ0n) is 17.5. The Kier molecular flexibility index (Phi) is 9.70. The summed E-state index contributed by atoms with van der Waals surface area (Å²) in [5, 5.41) is 42.3. The number of hydrogen-bond acceptors (Lipinski definition) is 9. The summed E-state index contributed by atoms with van der Waals surface area (Å²) in [5.74, 6) is 0.848. The number of ether oxygens (including phenoxy) is 2. The standard InChI is InChI=1S/C21H23BrFN3O6.H2O/c1-31-16-6-11-15(24-10-25-21(11)26-14-5-3-2-4-12(14)22)7-17(16)32-18(9-28)20(30)19(29)13(23)8-27;/h2-7,10,13,18-20,27-30H,8-9H2,1H3,(H,24,25,26);1H2/t13-,18-,19+,20+;/m1./s1. The minimum absolute atomic E-state index is 0. The Morgan fingerprint density at radius 3 is 2.42 bits per heavy atom. The van der Waals surface area contributed by atoms with Crippen molar-refractivity contribution in [3.05, 3.63) is 47.2 Å². The first-order valence-corrected chi connectivity index (χ1v) is 10.4. The molecule has 1 aromatic heterocycles. The molecule has 10 nitrogen and oxygen atoms in total. The number of anilines is 2. The van der Waals surface area contributed by atoms with Gasteiger partial charge in [-0.2, -0.15) is 0 Å². The average molecular weight is 530 g/mol.